The van der Waals surface area contributed by atoms with Crippen molar-refractivity contribution in [1.82, 2.24) is 24.8 Å². The first-order valence-electron chi connectivity index (χ1n) is 9.17. The molecule has 1 fully saturated rings. The first-order valence-corrected chi connectivity index (χ1v) is 9.17. The maximum absolute atomic E-state index is 12.8. The summed E-state index contributed by atoms with van der Waals surface area (Å²) < 4.78 is 7.24. The molecule has 1 unspecified atom stereocenters. The summed E-state index contributed by atoms with van der Waals surface area (Å²) in [5, 5.41) is 11.0. The van der Waals surface area contributed by atoms with Crippen LogP contribution in [0.5, 0.6) is 0 Å². The molecule has 140 valence electrons. The Hall–Kier alpha value is -2.77. The van der Waals surface area contributed by atoms with Gasteiger partial charge in [0.05, 0.1) is 24.8 Å². The van der Waals surface area contributed by atoms with Gasteiger partial charge >= 0.3 is 0 Å². The van der Waals surface area contributed by atoms with Crippen molar-refractivity contribution in [3.05, 3.63) is 65.6 Å². The van der Waals surface area contributed by atoms with E-state index in [4.69, 9.17) is 4.74 Å². The van der Waals surface area contributed by atoms with Crippen LogP contribution in [-0.2, 0) is 4.74 Å². The van der Waals surface area contributed by atoms with Crippen LogP contribution in [0, 0.1) is 6.92 Å². The lowest BCUT2D eigenvalue weighted by molar-refractivity contribution is 0.0162. The molecule has 1 saturated heterocycles. The highest BCUT2D eigenvalue weighted by atomic mass is 16.5. The minimum absolute atomic E-state index is 0.107. The number of amides is 1. The summed E-state index contributed by atoms with van der Waals surface area (Å²) in [6, 6.07) is 12.2. The lowest BCUT2D eigenvalue weighted by Crippen LogP contribution is -2.43. The fourth-order valence-electron chi connectivity index (χ4n) is 3.45. The van der Waals surface area contributed by atoms with Gasteiger partial charge in [-0.2, -0.15) is 0 Å². The Labute approximate surface area is 158 Å². The summed E-state index contributed by atoms with van der Waals surface area (Å²) >= 11 is 0. The van der Waals surface area contributed by atoms with Crippen LogP contribution in [0.4, 0.5) is 0 Å². The first kappa shape index (κ1) is 17.6. The molecule has 0 aliphatic carbocycles. The molecule has 1 aliphatic rings. The van der Waals surface area contributed by atoms with E-state index >= 15 is 0 Å². The zero-order chi connectivity index (χ0) is 18.6. The molecule has 1 aliphatic heterocycles. The van der Waals surface area contributed by atoms with Crippen molar-refractivity contribution in [1.29, 1.82) is 0 Å². The number of hydrogen-bond donors (Lipinski definition) is 1. The van der Waals surface area contributed by atoms with Gasteiger partial charge in [-0.15, -0.1) is 10.2 Å². The van der Waals surface area contributed by atoms with E-state index in [1.165, 1.54) is 11.1 Å². The fourth-order valence-corrected chi connectivity index (χ4v) is 3.45. The van der Waals surface area contributed by atoms with E-state index in [9.17, 15) is 4.79 Å². The second-order valence-electron chi connectivity index (χ2n) is 6.77. The molecule has 2 aromatic heterocycles. The van der Waals surface area contributed by atoms with E-state index in [0.717, 1.165) is 26.3 Å². The first-order chi connectivity index (χ1) is 13.2. The van der Waals surface area contributed by atoms with Gasteiger partial charge in [-0.3, -0.25) is 14.1 Å². The Kier molecular flexibility index (Phi) is 5.13. The Balaban J connectivity index is 1.53. The number of carbonyl (C=O) groups is 1. The van der Waals surface area contributed by atoms with Crippen LogP contribution < -0.4 is 5.32 Å². The van der Waals surface area contributed by atoms with Gasteiger partial charge in [0.25, 0.3) is 5.91 Å². The molecule has 0 bridgehead atoms. The van der Waals surface area contributed by atoms with Crippen molar-refractivity contribution in [2.75, 3.05) is 32.8 Å². The van der Waals surface area contributed by atoms with E-state index < -0.39 is 0 Å². The number of hydrogen-bond acceptors (Lipinski definition) is 5. The minimum atomic E-state index is -0.140. The summed E-state index contributed by atoms with van der Waals surface area (Å²) in [5.41, 5.74) is 3.51. The Morgan fingerprint density at radius 1 is 1.22 bits per heavy atom. The summed E-state index contributed by atoms with van der Waals surface area (Å²) in [6.45, 7) is 5.75. The molecule has 27 heavy (non-hydrogen) atoms. The zero-order valence-electron chi connectivity index (χ0n) is 15.3. The van der Waals surface area contributed by atoms with Crippen LogP contribution in [0.2, 0.25) is 0 Å². The van der Waals surface area contributed by atoms with E-state index in [-0.39, 0.29) is 11.9 Å². The summed E-state index contributed by atoms with van der Waals surface area (Å²) in [6.07, 6.45) is 3.42. The topological polar surface area (TPSA) is 71.8 Å². The third-order valence-electron chi connectivity index (χ3n) is 4.97. The van der Waals surface area contributed by atoms with Crippen LogP contribution in [0.15, 0.2) is 48.9 Å². The molecule has 4 rings (SSSR count). The van der Waals surface area contributed by atoms with Gasteiger partial charge in [-0.1, -0.05) is 29.8 Å². The number of rotatable bonds is 5. The number of nitrogens with one attached hydrogen (secondary N) is 1. The summed E-state index contributed by atoms with van der Waals surface area (Å²) in [4.78, 5) is 15.2. The van der Waals surface area contributed by atoms with Gasteiger partial charge in [0.15, 0.2) is 5.65 Å². The number of ether oxygens (including phenoxy) is 1. The number of morpholine rings is 1. The monoisotopic (exact) mass is 365 g/mol. The fraction of sp³-hybridized carbons (Fsp3) is 0.350. The number of carbonyl (C=O) groups excluding carboxylic acids is 1. The molecule has 0 saturated carbocycles. The zero-order valence-corrected chi connectivity index (χ0v) is 15.3. The Morgan fingerprint density at radius 3 is 2.78 bits per heavy atom. The van der Waals surface area contributed by atoms with E-state index in [1.54, 1.807) is 16.8 Å². The van der Waals surface area contributed by atoms with Gasteiger partial charge in [0.1, 0.15) is 6.33 Å². The summed E-state index contributed by atoms with van der Waals surface area (Å²) in [5.74, 6) is -0.140. The van der Waals surface area contributed by atoms with Gasteiger partial charge in [0, 0.05) is 25.8 Å². The number of nitrogens with zero attached hydrogens (tertiary/aromatic N) is 4. The molecule has 3 aromatic rings. The van der Waals surface area contributed by atoms with E-state index in [0.29, 0.717) is 17.8 Å². The van der Waals surface area contributed by atoms with Crippen molar-refractivity contribution < 1.29 is 9.53 Å². The smallest absolute Gasteiger partial charge is 0.255 e. The number of aryl methyl sites for hydroxylation is 1. The van der Waals surface area contributed by atoms with E-state index in [1.807, 2.05) is 12.3 Å². The second-order valence-corrected chi connectivity index (χ2v) is 6.77. The summed E-state index contributed by atoms with van der Waals surface area (Å²) in [7, 11) is 0. The number of fused-ring (bicyclic) bond motifs is 1. The Morgan fingerprint density at radius 2 is 2.00 bits per heavy atom. The van der Waals surface area contributed by atoms with Crippen molar-refractivity contribution in [3.8, 4) is 0 Å². The minimum Gasteiger partial charge on any atom is -0.379 e. The molecule has 3 heterocycles. The largest absolute Gasteiger partial charge is 0.379 e. The van der Waals surface area contributed by atoms with Crippen LogP contribution in [0.1, 0.15) is 27.5 Å². The molecule has 7 heteroatoms. The maximum atomic E-state index is 12.8. The molecule has 1 amide bonds. The van der Waals surface area contributed by atoms with Crippen LogP contribution in [-0.4, -0.2) is 58.3 Å². The average molecular weight is 365 g/mol. The van der Waals surface area contributed by atoms with E-state index in [2.05, 4.69) is 51.6 Å². The molecule has 0 spiro atoms. The number of aromatic nitrogens is 3. The quantitative estimate of drug-likeness (QED) is 0.747. The SMILES string of the molecule is Cc1ccc(C(CNC(=O)c2cccn3cnnc23)N2CCOCC2)cc1. The van der Waals surface area contributed by atoms with Crippen molar-refractivity contribution in [2.24, 2.45) is 0 Å². The molecular weight excluding hydrogens is 342 g/mol. The normalized spacial score (nSPS) is 16.3. The predicted octanol–water partition coefficient (Wildman–Crippen LogP) is 1.84. The van der Waals surface area contributed by atoms with Gasteiger partial charge in [0.2, 0.25) is 0 Å². The third-order valence-corrected chi connectivity index (χ3v) is 4.97. The predicted molar refractivity (Wildman–Crippen MR) is 102 cm³/mol. The third kappa shape index (κ3) is 3.84. The number of benzene rings is 1. The highest BCUT2D eigenvalue weighted by Crippen LogP contribution is 2.22. The van der Waals surface area contributed by atoms with Crippen LogP contribution >= 0.6 is 0 Å². The molecule has 1 atom stereocenters. The molecule has 1 N–H and O–H groups in total. The van der Waals surface area contributed by atoms with Gasteiger partial charge < -0.3 is 10.1 Å². The second kappa shape index (κ2) is 7.85. The van der Waals surface area contributed by atoms with Crippen LogP contribution in [0.3, 0.4) is 0 Å². The number of pyridine rings is 1. The van der Waals surface area contributed by atoms with Crippen molar-refractivity contribution in [2.45, 2.75) is 13.0 Å². The highest BCUT2D eigenvalue weighted by molar-refractivity contribution is 5.99. The Bertz CT molecular complexity index is 916. The van der Waals surface area contributed by atoms with Gasteiger partial charge in [-0.25, -0.2) is 0 Å². The molecule has 0 radical (unpaired) electrons. The van der Waals surface area contributed by atoms with Crippen LogP contribution in [0.25, 0.3) is 5.65 Å². The highest BCUT2D eigenvalue weighted by Gasteiger charge is 2.24. The van der Waals surface area contributed by atoms with Crippen molar-refractivity contribution >= 4 is 11.6 Å². The molecule has 7 nitrogen and oxygen atoms in total. The average Bonchev–Trinajstić information content (AvgIpc) is 3.19. The lowest BCUT2D eigenvalue weighted by Gasteiger charge is -2.35. The standard InChI is InChI=1S/C20H23N5O2/c1-15-4-6-16(7-5-15)18(24-9-11-27-12-10-24)13-21-20(26)17-3-2-8-25-14-22-23-19(17)25/h2-8,14,18H,9-13H2,1H3,(H,21,26). The van der Waals surface area contributed by atoms with Crippen molar-refractivity contribution in [3.63, 3.8) is 0 Å². The molecular formula is C20H23N5O2. The molecule has 1 aromatic carbocycles. The maximum Gasteiger partial charge on any atom is 0.255 e. The lowest BCUT2D eigenvalue weighted by atomic mass is 10.0. The van der Waals surface area contributed by atoms with Gasteiger partial charge in [-0.05, 0) is 24.6 Å².